The maximum Gasteiger partial charge on any atom is 0.416 e. The number of rotatable bonds is 12. The van der Waals surface area contributed by atoms with Gasteiger partial charge >= 0.3 is 6.18 Å². The number of alkyl halides is 3. The number of pyridine rings is 2. The highest BCUT2D eigenvalue weighted by molar-refractivity contribution is 6.35. The molecule has 8 heteroatoms. The van der Waals surface area contributed by atoms with Crippen molar-refractivity contribution >= 4 is 22.5 Å². The Hall–Kier alpha value is -2.38. The first-order valence-electron chi connectivity index (χ1n) is 16.1. The number of hydrogen-bond donors (Lipinski definition) is 0. The summed E-state index contributed by atoms with van der Waals surface area (Å²) >= 11 is 6.45. The van der Waals surface area contributed by atoms with Crippen molar-refractivity contribution in [1.29, 1.82) is 0 Å². The smallest absolute Gasteiger partial charge is 0.416 e. The van der Waals surface area contributed by atoms with E-state index in [9.17, 15) is 13.2 Å². The number of likely N-dealkylation sites (tertiary alicyclic amines) is 1. The van der Waals surface area contributed by atoms with Gasteiger partial charge in [-0.2, -0.15) is 13.2 Å². The van der Waals surface area contributed by atoms with Crippen LogP contribution < -0.4 is 4.74 Å². The summed E-state index contributed by atoms with van der Waals surface area (Å²) in [5.41, 5.74) is 1.74. The van der Waals surface area contributed by atoms with Crippen molar-refractivity contribution in [2.45, 2.75) is 111 Å². The fourth-order valence-electron chi connectivity index (χ4n) is 4.74. The van der Waals surface area contributed by atoms with Crippen LogP contribution in [0.5, 0.6) is 5.75 Å². The summed E-state index contributed by atoms with van der Waals surface area (Å²) in [7, 11) is 0. The first-order chi connectivity index (χ1) is 20.7. The van der Waals surface area contributed by atoms with Gasteiger partial charge in [0.25, 0.3) is 0 Å². The van der Waals surface area contributed by atoms with E-state index in [0.717, 1.165) is 60.2 Å². The summed E-state index contributed by atoms with van der Waals surface area (Å²) in [5, 5.41) is 1.74. The molecule has 2 aromatic heterocycles. The molecular weight excluding hydrogens is 571 g/mol. The minimum atomic E-state index is -4.26. The summed E-state index contributed by atoms with van der Waals surface area (Å²) in [4.78, 5) is 11.0. The normalized spacial score (nSPS) is 13.6. The lowest BCUT2D eigenvalue weighted by Gasteiger charge is -2.26. The predicted octanol–water partition coefficient (Wildman–Crippen LogP) is 10.9. The number of nitrogens with zero attached hydrogens (tertiary/aromatic N) is 3. The number of unbranched alkanes of at least 4 members (excludes halogenated alkanes) is 6. The Kier molecular flexibility index (Phi) is 17.6. The van der Waals surface area contributed by atoms with Crippen molar-refractivity contribution in [3.63, 3.8) is 0 Å². The van der Waals surface area contributed by atoms with Crippen molar-refractivity contribution in [2.24, 2.45) is 0 Å². The van der Waals surface area contributed by atoms with Crippen LogP contribution in [0.1, 0.15) is 108 Å². The number of piperidine rings is 1. The van der Waals surface area contributed by atoms with E-state index >= 15 is 0 Å². The molecular formula is C35H51ClF3N3O. The largest absolute Gasteiger partial charge is 0.492 e. The molecule has 240 valence electrons. The van der Waals surface area contributed by atoms with Gasteiger partial charge in [-0.15, -0.1) is 0 Å². The average molecular weight is 622 g/mol. The van der Waals surface area contributed by atoms with Gasteiger partial charge in [-0.1, -0.05) is 83.7 Å². The molecule has 43 heavy (non-hydrogen) atoms. The number of aryl methyl sites for hydroxylation is 2. The second-order valence-corrected chi connectivity index (χ2v) is 11.6. The molecule has 1 aromatic carbocycles. The zero-order chi connectivity index (χ0) is 31.5. The van der Waals surface area contributed by atoms with E-state index in [1.807, 2.05) is 12.1 Å². The minimum absolute atomic E-state index is 0.375. The Morgan fingerprint density at radius 3 is 2.19 bits per heavy atom. The highest BCUT2D eigenvalue weighted by atomic mass is 35.5. The van der Waals surface area contributed by atoms with Gasteiger partial charge in [0.1, 0.15) is 12.4 Å². The molecule has 1 saturated heterocycles. The van der Waals surface area contributed by atoms with Gasteiger partial charge in [-0.05, 0) is 82.1 Å². The first kappa shape index (κ1) is 36.8. The Morgan fingerprint density at radius 2 is 1.56 bits per heavy atom. The van der Waals surface area contributed by atoms with Crippen LogP contribution in [0.25, 0.3) is 10.9 Å². The zero-order valence-electron chi connectivity index (χ0n) is 26.6. The van der Waals surface area contributed by atoms with E-state index in [0.29, 0.717) is 10.7 Å². The maximum atomic E-state index is 11.9. The molecule has 1 fully saturated rings. The third-order valence-electron chi connectivity index (χ3n) is 7.45. The van der Waals surface area contributed by atoms with Crippen LogP contribution in [-0.4, -0.2) is 41.1 Å². The van der Waals surface area contributed by atoms with Crippen LogP contribution in [0, 0.1) is 6.92 Å². The lowest BCUT2D eigenvalue weighted by atomic mass is 10.1. The number of aromatic nitrogens is 2. The number of halogens is 4. The van der Waals surface area contributed by atoms with E-state index in [-0.39, 0.29) is 0 Å². The summed E-state index contributed by atoms with van der Waals surface area (Å²) in [5.74, 6) is 0.898. The zero-order valence-corrected chi connectivity index (χ0v) is 27.4. The monoisotopic (exact) mass is 621 g/mol. The molecule has 3 heterocycles. The molecule has 0 bridgehead atoms. The molecule has 0 amide bonds. The van der Waals surface area contributed by atoms with E-state index in [2.05, 4.69) is 42.8 Å². The highest BCUT2D eigenvalue weighted by Crippen LogP contribution is 2.31. The van der Waals surface area contributed by atoms with E-state index in [4.69, 9.17) is 21.3 Å². The molecule has 1 aliphatic heterocycles. The SMILES string of the molecule is CCCC.CCCCCCCCc1ccc2c(OCCN3CCCCC3)ccc(Cl)c2n1.Cc1cc(C(F)(F)F)ccn1. The van der Waals surface area contributed by atoms with Gasteiger partial charge < -0.3 is 4.74 Å². The summed E-state index contributed by atoms with van der Waals surface area (Å²) in [6.45, 7) is 12.3. The lowest BCUT2D eigenvalue weighted by Crippen LogP contribution is -2.33. The van der Waals surface area contributed by atoms with Crippen LogP contribution in [-0.2, 0) is 12.6 Å². The van der Waals surface area contributed by atoms with Gasteiger partial charge in [0, 0.05) is 29.5 Å². The second-order valence-electron chi connectivity index (χ2n) is 11.2. The minimum Gasteiger partial charge on any atom is -0.492 e. The average Bonchev–Trinajstić information content (AvgIpc) is 3.01. The third-order valence-corrected chi connectivity index (χ3v) is 7.75. The summed E-state index contributed by atoms with van der Waals surface area (Å²) in [6.07, 6.45) is 12.4. The Balaban J connectivity index is 0.000000355. The van der Waals surface area contributed by atoms with Crippen LogP contribution in [0.15, 0.2) is 42.6 Å². The molecule has 3 aromatic rings. The van der Waals surface area contributed by atoms with Gasteiger partial charge in [0.2, 0.25) is 0 Å². The molecule has 0 N–H and O–H groups in total. The van der Waals surface area contributed by atoms with Crippen molar-refractivity contribution in [3.8, 4) is 5.75 Å². The number of benzene rings is 1. The molecule has 0 aliphatic carbocycles. The van der Waals surface area contributed by atoms with Crippen LogP contribution >= 0.6 is 11.6 Å². The fraction of sp³-hybridized carbons (Fsp3) is 0.600. The van der Waals surface area contributed by atoms with E-state index in [1.165, 1.54) is 90.6 Å². The lowest BCUT2D eigenvalue weighted by molar-refractivity contribution is -0.137. The molecule has 0 atom stereocenters. The highest BCUT2D eigenvalue weighted by Gasteiger charge is 2.30. The predicted molar refractivity (Wildman–Crippen MR) is 174 cm³/mol. The quantitative estimate of drug-likeness (QED) is 0.189. The molecule has 0 saturated carbocycles. The van der Waals surface area contributed by atoms with Gasteiger partial charge in [-0.3, -0.25) is 14.9 Å². The second kappa shape index (κ2) is 20.6. The van der Waals surface area contributed by atoms with Crippen LogP contribution in [0.2, 0.25) is 5.02 Å². The maximum absolute atomic E-state index is 11.9. The van der Waals surface area contributed by atoms with E-state index in [1.54, 1.807) is 0 Å². The van der Waals surface area contributed by atoms with Crippen LogP contribution in [0.4, 0.5) is 13.2 Å². The molecule has 0 unspecified atom stereocenters. The van der Waals surface area contributed by atoms with Crippen molar-refractivity contribution in [3.05, 3.63) is 64.6 Å². The Morgan fingerprint density at radius 1 is 0.860 bits per heavy atom. The first-order valence-corrected chi connectivity index (χ1v) is 16.5. The van der Waals surface area contributed by atoms with Gasteiger partial charge in [0.15, 0.2) is 0 Å². The molecule has 0 spiro atoms. The van der Waals surface area contributed by atoms with E-state index < -0.39 is 11.7 Å². The fourth-order valence-corrected chi connectivity index (χ4v) is 4.95. The molecule has 1 aliphatic rings. The summed E-state index contributed by atoms with van der Waals surface area (Å²) in [6, 6.07) is 10.1. The number of ether oxygens (including phenoxy) is 1. The third kappa shape index (κ3) is 14.3. The Bertz CT molecular complexity index is 1180. The molecule has 4 rings (SSSR count). The number of hydrogen-bond acceptors (Lipinski definition) is 4. The van der Waals surface area contributed by atoms with Gasteiger partial charge in [-0.25, -0.2) is 0 Å². The number of fused-ring (bicyclic) bond motifs is 1. The molecule has 4 nitrogen and oxygen atoms in total. The Labute approximate surface area is 262 Å². The topological polar surface area (TPSA) is 38.2 Å². The van der Waals surface area contributed by atoms with Crippen LogP contribution in [0.3, 0.4) is 0 Å². The standard InChI is InChI=1S/C24H35ClN2O.C7H6F3N.C4H10/c1-2-3-4-5-6-8-11-20-12-13-21-23(15-14-22(25)24(21)26-20)28-19-18-27-16-9-7-10-17-27;1-5-4-6(2-3-11-5)7(8,9)10;1-3-4-2/h12-15H,2-11,16-19H2,1H3;2-4H,1H3;3-4H2,1-2H3. The van der Waals surface area contributed by atoms with Gasteiger partial charge in [0.05, 0.1) is 16.1 Å². The van der Waals surface area contributed by atoms with Crippen molar-refractivity contribution < 1.29 is 17.9 Å². The summed E-state index contributed by atoms with van der Waals surface area (Å²) < 4.78 is 41.9. The molecule has 0 radical (unpaired) electrons. The van der Waals surface area contributed by atoms with Crippen molar-refractivity contribution in [2.75, 3.05) is 26.2 Å². The van der Waals surface area contributed by atoms with Crippen molar-refractivity contribution in [1.82, 2.24) is 14.9 Å².